The summed E-state index contributed by atoms with van der Waals surface area (Å²) in [5.74, 6) is 0.437. The van der Waals surface area contributed by atoms with Crippen molar-refractivity contribution in [2.45, 2.75) is 13.3 Å². The largest absolute Gasteiger partial charge is 0.288 e. The van der Waals surface area contributed by atoms with Crippen LogP contribution >= 0.6 is 0 Å². The van der Waals surface area contributed by atoms with Gasteiger partial charge in [-0.3, -0.25) is 4.79 Å². The van der Waals surface area contributed by atoms with Gasteiger partial charge in [0.1, 0.15) is 0 Å². The predicted octanol–water partition coefficient (Wildman–Crippen LogP) is 1.29. The van der Waals surface area contributed by atoms with Crippen molar-refractivity contribution >= 4 is 11.6 Å². The Morgan fingerprint density at radius 1 is 1.21 bits per heavy atom. The maximum Gasteiger partial charge on any atom is 0.274 e. The molecule has 3 aromatic rings. The lowest BCUT2D eigenvalue weighted by Gasteiger charge is -2.05. The highest BCUT2D eigenvalue weighted by Crippen LogP contribution is 2.36. The molecule has 0 unspecified atom stereocenters. The van der Waals surface area contributed by atoms with Gasteiger partial charge in [0.15, 0.2) is 5.78 Å². The maximum atomic E-state index is 12.5. The average Bonchev–Trinajstić information content (AvgIpc) is 3.02. The molecule has 0 fully saturated rings. The second-order valence-corrected chi connectivity index (χ2v) is 4.40. The third-order valence-electron chi connectivity index (χ3n) is 3.43. The van der Waals surface area contributed by atoms with E-state index in [1.807, 2.05) is 31.2 Å². The number of rotatable bonds is 1. The van der Waals surface area contributed by atoms with Gasteiger partial charge in [0.25, 0.3) is 5.78 Å². The molecule has 6 nitrogen and oxygen atoms in total. The van der Waals surface area contributed by atoms with Crippen LogP contribution in [0.2, 0.25) is 0 Å². The van der Waals surface area contributed by atoms with Crippen molar-refractivity contribution in [3.05, 3.63) is 41.1 Å². The van der Waals surface area contributed by atoms with Gasteiger partial charge in [-0.1, -0.05) is 36.3 Å². The summed E-state index contributed by atoms with van der Waals surface area (Å²) in [4.78, 5) is 16.9. The lowest BCUT2D eigenvalue weighted by molar-refractivity contribution is 0.104. The molecular weight excluding hydrogens is 242 g/mol. The molecule has 92 valence electrons. The minimum absolute atomic E-state index is 0.00681. The van der Waals surface area contributed by atoms with Gasteiger partial charge in [-0.2, -0.15) is 4.52 Å². The van der Waals surface area contributed by atoms with E-state index in [1.54, 1.807) is 4.52 Å². The molecule has 1 aliphatic rings. The van der Waals surface area contributed by atoms with Gasteiger partial charge in [0, 0.05) is 11.1 Å². The van der Waals surface area contributed by atoms with E-state index < -0.39 is 0 Å². The lowest BCUT2D eigenvalue weighted by Crippen LogP contribution is -2.09. The normalized spacial score (nSPS) is 12.8. The lowest BCUT2D eigenvalue weighted by atomic mass is 10.1. The predicted molar refractivity (Wildman–Crippen MR) is 66.8 cm³/mol. The fraction of sp³-hybridized carbons (Fsp3) is 0.154. The van der Waals surface area contributed by atoms with Crippen LogP contribution in [-0.4, -0.2) is 30.8 Å². The van der Waals surface area contributed by atoms with Gasteiger partial charge < -0.3 is 0 Å². The molecule has 0 saturated carbocycles. The summed E-state index contributed by atoms with van der Waals surface area (Å²) in [6, 6.07) is 7.50. The third kappa shape index (κ3) is 1.17. The standard InChI is InChI=1S/C13H9N5O/c1-2-9-10-11(14-13-15-16-17-18(9)13)7-5-3-4-6-8(7)12(10)19/h3-6H,2H2,1H3. The molecule has 0 aliphatic heterocycles. The summed E-state index contributed by atoms with van der Waals surface area (Å²) in [6.07, 6.45) is 0.673. The fourth-order valence-corrected chi connectivity index (χ4v) is 2.61. The molecule has 4 rings (SSSR count). The number of aromatic nitrogens is 5. The molecule has 0 spiro atoms. The Hall–Kier alpha value is -2.63. The van der Waals surface area contributed by atoms with Crippen molar-refractivity contribution in [1.82, 2.24) is 25.0 Å². The smallest absolute Gasteiger partial charge is 0.274 e. The zero-order valence-electron chi connectivity index (χ0n) is 10.2. The minimum atomic E-state index is 0.00681. The molecular formula is C13H9N5O. The van der Waals surface area contributed by atoms with Crippen LogP contribution in [0, 0.1) is 0 Å². The van der Waals surface area contributed by atoms with E-state index in [2.05, 4.69) is 20.5 Å². The van der Waals surface area contributed by atoms with Crippen LogP contribution in [0.15, 0.2) is 24.3 Å². The van der Waals surface area contributed by atoms with Gasteiger partial charge in [-0.05, 0) is 16.8 Å². The molecule has 0 atom stereocenters. The Bertz CT molecular complexity index is 836. The van der Waals surface area contributed by atoms with E-state index in [4.69, 9.17) is 0 Å². The van der Waals surface area contributed by atoms with Crippen molar-refractivity contribution in [1.29, 1.82) is 0 Å². The molecule has 2 aromatic heterocycles. The molecule has 1 aromatic carbocycles. The summed E-state index contributed by atoms with van der Waals surface area (Å²) in [7, 11) is 0. The van der Waals surface area contributed by atoms with Crippen molar-refractivity contribution in [2.75, 3.05) is 0 Å². The SMILES string of the molecule is CCc1c2c(nc3nnnn13)-c1ccccc1C2=O. The highest BCUT2D eigenvalue weighted by Gasteiger charge is 2.32. The number of hydrogen-bond acceptors (Lipinski definition) is 5. The monoisotopic (exact) mass is 251 g/mol. The molecule has 0 saturated heterocycles. The van der Waals surface area contributed by atoms with Crippen LogP contribution in [0.1, 0.15) is 28.5 Å². The number of carbonyl (C=O) groups excluding carboxylic acids is 1. The van der Waals surface area contributed by atoms with E-state index in [0.29, 0.717) is 29.0 Å². The van der Waals surface area contributed by atoms with Crippen LogP contribution < -0.4 is 0 Å². The van der Waals surface area contributed by atoms with Crippen LogP contribution in [-0.2, 0) is 6.42 Å². The van der Waals surface area contributed by atoms with Gasteiger partial charge in [-0.25, -0.2) is 4.98 Å². The summed E-state index contributed by atoms with van der Waals surface area (Å²) < 4.78 is 1.54. The van der Waals surface area contributed by atoms with E-state index in [-0.39, 0.29) is 5.78 Å². The average molecular weight is 251 g/mol. The number of hydrogen-bond donors (Lipinski definition) is 0. The molecule has 0 N–H and O–H groups in total. The molecule has 2 heterocycles. The van der Waals surface area contributed by atoms with Crippen molar-refractivity contribution in [3.63, 3.8) is 0 Å². The first kappa shape index (κ1) is 10.3. The summed E-state index contributed by atoms with van der Waals surface area (Å²) >= 11 is 0. The van der Waals surface area contributed by atoms with Gasteiger partial charge in [-0.15, -0.1) is 0 Å². The number of nitrogens with zero attached hydrogens (tertiary/aromatic N) is 5. The molecule has 0 bridgehead atoms. The zero-order valence-corrected chi connectivity index (χ0v) is 10.2. The first-order valence-electron chi connectivity index (χ1n) is 6.06. The Kier molecular flexibility index (Phi) is 1.87. The van der Waals surface area contributed by atoms with Crippen molar-refractivity contribution in [3.8, 4) is 11.3 Å². The number of fused-ring (bicyclic) bond motifs is 4. The number of carbonyl (C=O) groups is 1. The van der Waals surface area contributed by atoms with E-state index >= 15 is 0 Å². The maximum absolute atomic E-state index is 12.5. The summed E-state index contributed by atoms with van der Waals surface area (Å²) in [5, 5.41) is 11.4. The molecule has 6 heteroatoms. The quantitative estimate of drug-likeness (QED) is 0.509. The number of aryl methyl sites for hydroxylation is 1. The number of tetrazole rings is 1. The minimum Gasteiger partial charge on any atom is -0.288 e. The Morgan fingerprint density at radius 3 is 2.79 bits per heavy atom. The van der Waals surface area contributed by atoms with Gasteiger partial charge >= 0.3 is 0 Å². The topological polar surface area (TPSA) is 73.0 Å². The molecule has 1 aliphatic carbocycles. The fourth-order valence-electron chi connectivity index (χ4n) is 2.61. The van der Waals surface area contributed by atoms with Gasteiger partial charge in [0.05, 0.1) is 17.0 Å². The van der Waals surface area contributed by atoms with Crippen molar-refractivity contribution in [2.24, 2.45) is 0 Å². The number of benzene rings is 1. The Morgan fingerprint density at radius 2 is 2.00 bits per heavy atom. The molecule has 0 amide bonds. The highest BCUT2D eigenvalue weighted by molar-refractivity contribution is 6.21. The number of ketones is 1. The van der Waals surface area contributed by atoms with E-state index in [9.17, 15) is 4.79 Å². The second kappa shape index (κ2) is 3.44. The van der Waals surface area contributed by atoms with E-state index in [0.717, 1.165) is 11.3 Å². The Balaban J connectivity index is 2.19. The van der Waals surface area contributed by atoms with Crippen LogP contribution in [0.5, 0.6) is 0 Å². The first-order valence-corrected chi connectivity index (χ1v) is 6.06. The van der Waals surface area contributed by atoms with Crippen LogP contribution in [0.25, 0.3) is 17.0 Å². The summed E-state index contributed by atoms with van der Waals surface area (Å²) in [6.45, 7) is 1.98. The third-order valence-corrected chi connectivity index (χ3v) is 3.43. The van der Waals surface area contributed by atoms with Crippen LogP contribution in [0.4, 0.5) is 0 Å². The van der Waals surface area contributed by atoms with Crippen LogP contribution in [0.3, 0.4) is 0 Å². The molecule has 19 heavy (non-hydrogen) atoms. The molecule has 0 radical (unpaired) electrons. The zero-order chi connectivity index (χ0) is 13.0. The summed E-state index contributed by atoms with van der Waals surface area (Å²) in [5.41, 5.74) is 3.69. The van der Waals surface area contributed by atoms with E-state index in [1.165, 1.54) is 0 Å². The first-order chi connectivity index (χ1) is 9.31. The van der Waals surface area contributed by atoms with Gasteiger partial charge in [0.2, 0.25) is 0 Å². The Labute approximate surface area is 108 Å². The van der Waals surface area contributed by atoms with Crippen molar-refractivity contribution < 1.29 is 4.79 Å². The second-order valence-electron chi connectivity index (χ2n) is 4.40. The highest BCUT2D eigenvalue weighted by atomic mass is 16.1.